The molecule has 0 aliphatic carbocycles. The topological polar surface area (TPSA) is 79.5 Å². The van der Waals surface area contributed by atoms with E-state index in [-0.39, 0.29) is 24.7 Å². The average molecular weight is 340 g/mol. The van der Waals surface area contributed by atoms with Crippen LogP contribution in [0.3, 0.4) is 0 Å². The van der Waals surface area contributed by atoms with Gasteiger partial charge in [-0.1, -0.05) is 30.3 Å². The minimum absolute atomic E-state index is 0.0476. The number of hydrogen-bond acceptors (Lipinski definition) is 4. The highest BCUT2D eigenvalue weighted by Gasteiger charge is 2.35. The Morgan fingerprint density at radius 2 is 1.96 bits per heavy atom. The lowest BCUT2D eigenvalue weighted by atomic mass is 10.1. The standard InChI is InChI=1S/C19H20N2O4/c22-17(16-7-4-9-20-16)13-25-19(24)15-11-18(23)21(12-15)10-8-14-5-2-1-3-6-14/h1-7,9,15,20H,8,10-13H2. The molecule has 1 aliphatic rings. The number of aromatic amines is 1. The number of Topliss-reactive ketones (excluding diaryl/α,β-unsaturated/α-hetero) is 1. The van der Waals surface area contributed by atoms with Crippen LogP contribution < -0.4 is 0 Å². The van der Waals surface area contributed by atoms with Crippen LogP contribution >= 0.6 is 0 Å². The molecule has 1 saturated heterocycles. The largest absolute Gasteiger partial charge is 0.457 e. The van der Waals surface area contributed by atoms with Crippen LogP contribution in [0.2, 0.25) is 0 Å². The van der Waals surface area contributed by atoms with E-state index in [0.29, 0.717) is 18.8 Å². The van der Waals surface area contributed by atoms with Gasteiger partial charge in [-0.3, -0.25) is 14.4 Å². The summed E-state index contributed by atoms with van der Waals surface area (Å²) in [7, 11) is 0. The van der Waals surface area contributed by atoms with E-state index in [9.17, 15) is 14.4 Å². The van der Waals surface area contributed by atoms with E-state index in [0.717, 1.165) is 12.0 Å². The Hall–Kier alpha value is -2.89. The molecule has 1 unspecified atom stereocenters. The predicted molar refractivity (Wildman–Crippen MR) is 90.9 cm³/mol. The SMILES string of the molecule is O=C(COC(=O)C1CC(=O)N(CCc2ccccc2)C1)c1ccc[nH]1. The summed E-state index contributed by atoms with van der Waals surface area (Å²) < 4.78 is 5.08. The van der Waals surface area contributed by atoms with Crippen molar-refractivity contribution in [3.63, 3.8) is 0 Å². The summed E-state index contributed by atoms with van der Waals surface area (Å²) in [6.07, 6.45) is 2.53. The molecule has 2 heterocycles. The van der Waals surface area contributed by atoms with Crippen molar-refractivity contribution in [1.29, 1.82) is 0 Å². The normalized spacial score (nSPS) is 16.9. The summed E-state index contributed by atoms with van der Waals surface area (Å²) in [4.78, 5) is 40.5. The van der Waals surface area contributed by atoms with E-state index >= 15 is 0 Å². The highest BCUT2D eigenvalue weighted by Crippen LogP contribution is 2.19. The number of esters is 1. The molecule has 25 heavy (non-hydrogen) atoms. The zero-order chi connectivity index (χ0) is 17.6. The van der Waals surface area contributed by atoms with Crippen molar-refractivity contribution >= 4 is 17.7 Å². The lowest BCUT2D eigenvalue weighted by Crippen LogP contribution is -2.29. The number of rotatable bonds is 7. The van der Waals surface area contributed by atoms with Gasteiger partial charge in [0.05, 0.1) is 11.6 Å². The summed E-state index contributed by atoms with van der Waals surface area (Å²) in [6, 6.07) is 13.2. The van der Waals surface area contributed by atoms with Crippen molar-refractivity contribution in [2.75, 3.05) is 19.7 Å². The van der Waals surface area contributed by atoms with Gasteiger partial charge in [0.25, 0.3) is 0 Å². The number of ether oxygens (including phenoxy) is 1. The van der Waals surface area contributed by atoms with E-state index in [1.165, 1.54) is 0 Å². The third-order valence-electron chi connectivity index (χ3n) is 4.30. The third kappa shape index (κ3) is 4.35. The molecular formula is C19H20N2O4. The second-order valence-electron chi connectivity index (χ2n) is 6.09. The Morgan fingerprint density at radius 3 is 2.68 bits per heavy atom. The maximum Gasteiger partial charge on any atom is 0.311 e. The second kappa shape index (κ2) is 7.79. The summed E-state index contributed by atoms with van der Waals surface area (Å²) >= 11 is 0. The maximum absolute atomic E-state index is 12.1. The van der Waals surface area contributed by atoms with Crippen molar-refractivity contribution in [2.24, 2.45) is 5.92 Å². The molecule has 0 bridgehead atoms. The van der Waals surface area contributed by atoms with Crippen LogP contribution in [0.15, 0.2) is 48.7 Å². The highest BCUT2D eigenvalue weighted by atomic mass is 16.5. The Bertz CT molecular complexity index is 740. The minimum Gasteiger partial charge on any atom is -0.457 e. The Kier molecular flexibility index (Phi) is 5.28. The van der Waals surface area contributed by atoms with Crippen LogP contribution in [-0.2, 0) is 20.7 Å². The Balaban J connectivity index is 1.46. The lowest BCUT2D eigenvalue weighted by Gasteiger charge is -2.16. The van der Waals surface area contributed by atoms with Crippen LogP contribution in [0.25, 0.3) is 0 Å². The molecule has 6 nitrogen and oxygen atoms in total. The first-order valence-corrected chi connectivity index (χ1v) is 8.28. The number of nitrogens with one attached hydrogen (secondary N) is 1. The molecule has 130 valence electrons. The van der Waals surface area contributed by atoms with E-state index in [4.69, 9.17) is 4.74 Å². The quantitative estimate of drug-likeness (QED) is 0.616. The number of benzene rings is 1. The first kappa shape index (κ1) is 17.0. The van der Waals surface area contributed by atoms with Gasteiger partial charge < -0.3 is 14.6 Å². The fourth-order valence-electron chi connectivity index (χ4n) is 2.89. The molecule has 1 N–H and O–H groups in total. The summed E-state index contributed by atoms with van der Waals surface area (Å²) in [6.45, 7) is 0.614. The zero-order valence-corrected chi connectivity index (χ0v) is 13.8. The zero-order valence-electron chi connectivity index (χ0n) is 13.8. The highest BCUT2D eigenvalue weighted by molar-refractivity contribution is 5.96. The van der Waals surface area contributed by atoms with E-state index in [2.05, 4.69) is 4.98 Å². The van der Waals surface area contributed by atoms with Gasteiger partial charge in [0.15, 0.2) is 6.61 Å². The van der Waals surface area contributed by atoms with E-state index in [1.54, 1.807) is 23.2 Å². The number of amides is 1. The van der Waals surface area contributed by atoms with Crippen molar-refractivity contribution in [2.45, 2.75) is 12.8 Å². The molecule has 2 aromatic rings. The summed E-state index contributed by atoms with van der Waals surface area (Å²) in [5.41, 5.74) is 1.55. The predicted octanol–water partition coefficient (Wildman–Crippen LogP) is 1.83. The summed E-state index contributed by atoms with van der Waals surface area (Å²) in [5.74, 6) is -1.33. The number of carbonyl (C=O) groups excluding carboxylic acids is 3. The van der Waals surface area contributed by atoms with Crippen LogP contribution in [0.1, 0.15) is 22.5 Å². The number of hydrogen-bond donors (Lipinski definition) is 1. The minimum atomic E-state index is -0.500. The number of nitrogens with zero attached hydrogens (tertiary/aromatic N) is 1. The molecule has 0 saturated carbocycles. The van der Waals surface area contributed by atoms with Gasteiger partial charge in [-0.15, -0.1) is 0 Å². The Morgan fingerprint density at radius 1 is 1.16 bits per heavy atom. The molecule has 1 amide bonds. The maximum atomic E-state index is 12.1. The number of likely N-dealkylation sites (tertiary alicyclic amines) is 1. The first-order valence-electron chi connectivity index (χ1n) is 8.28. The second-order valence-corrected chi connectivity index (χ2v) is 6.09. The molecule has 1 atom stereocenters. The smallest absolute Gasteiger partial charge is 0.311 e. The Labute approximate surface area is 145 Å². The molecule has 6 heteroatoms. The van der Waals surface area contributed by atoms with Crippen LogP contribution in [0, 0.1) is 5.92 Å². The molecule has 1 aromatic heterocycles. The first-order chi connectivity index (χ1) is 12.1. The van der Waals surface area contributed by atoms with Crippen LogP contribution in [-0.4, -0.2) is 47.2 Å². The van der Waals surface area contributed by atoms with Crippen molar-refractivity contribution in [3.8, 4) is 0 Å². The molecule has 1 fully saturated rings. The number of carbonyl (C=O) groups is 3. The molecule has 1 aromatic carbocycles. The fraction of sp³-hybridized carbons (Fsp3) is 0.316. The number of ketones is 1. The van der Waals surface area contributed by atoms with Gasteiger partial charge in [0.1, 0.15) is 0 Å². The fourth-order valence-corrected chi connectivity index (χ4v) is 2.89. The van der Waals surface area contributed by atoms with Gasteiger partial charge in [-0.25, -0.2) is 0 Å². The monoisotopic (exact) mass is 340 g/mol. The summed E-state index contributed by atoms with van der Waals surface area (Å²) in [5, 5.41) is 0. The van der Waals surface area contributed by atoms with Gasteiger partial charge >= 0.3 is 5.97 Å². The molecule has 1 aliphatic heterocycles. The molecule has 3 rings (SSSR count). The van der Waals surface area contributed by atoms with Gasteiger partial charge in [0, 0.05) is 25.7 Å². The molecule has 0 spiro atoms. The van der Waals surface area contributed by atoms with Gasteiger partial charge in [-0.2, -0.15) is 0 Å². The number of aromatic nitrogens is 1. The average Bonchev–Trinajstić information content (AvgIpc) is 3.28. The van der Waals surface area contributed by atoms with E-state index in [1.807, 2.05) is 30.3 Å². The van der Waals surface area contributed by atoms with Crippen molar-refractivity contribution in [3.05, 3.63) is 59.9 Å². The van der Waals surface area contributed by atoms with E-state index < -0.39 is 11.9 Å². The molecule has 0 radical (unpaired) electrons. The van der Waals surface area contributed by atoms with Crippen molar-refractivity contribution in [1.82, 2.24) is 9.88 Å². The van der Waals surface area contributed by atoms with Crippen molar-refractivity contribution < 1.29 is 19.1 Å². The van der Waals surface area contributed by atoms with Crippen LogP contribution in [0.4, 0.5) is 0 Å². The third-order valence-corrected chi connectivity index (χ3v) is 4.30. The lowest BCUT2D eigenvalue weighted by molar-refractivity contribution is -0.147. The molecular weight excluding hydrogens is 320 g/mol. The number of H-pyrrole nitrogens is 1. The van der Waals surface area contributed by atoms with Gasteiger partial charge in [-0.05, 0) is 24.1 Å². The van der Waals surface area contributed by atoms with Gasteiger partial charge in [0.2, 0.25) is 11.7 Å². The van der Waals surface area contributed by atoms with Crippen LogP contribution in [0.5, 0.6) is 0 Å².